The van der Waals surface area contributed by atoms with Crippen molar-refractivity contribution in [1.29, 1.82) is 0 Å². The highest BCUT2D eigenvalue weighted by atomic mass is 16.5. The first kappa shape index (κ1) is 15.3. The molecule has 4 rings (SSSR count). The molecule has 2 aliphatic rings. The van der Waals surface area contributed by atoms with Gasteiger partial charge in [-0.3, -0.25) is 9.69 Å². The topological polar surface area (TPSA) is 74.5 Å². The summed E-state index contributed by atoms with van der Waals surface area (Å²) >= 11 is 0. The Morgan fingerprint density at radius 3 is 3.04 bits per heavy atom. The molecule has 0 radical (unpaired) electrons. The molecule has 2 aromatic rings. The number of hydrogen-bond donors (Lipinski definition) is 1. The lowest BCUT2D eigenvalue weighted by Gasteiger charge is -2.30. The number of nitrogens with one attached hydrogen (secondary N) is 1. The fourth-order valence-electron chi connectivity index (χ4n) is 3.31. The molecule has 126 valence electrons. The maximum Gasteiger partial charge on any atom is 0.258 e. The second kappa shape index (κ2) is 6.33. The Kier molecular flexibility index (Phi) is 4.03. The third kappa shape index (κ3) is 2.81. The summed E-state index contributed by atoms with van der Waals surface area (Å²) in [5.41, 5.74) is 1.74. The van der Waals surface area contributed by atoms with Crippen LogP contribution in [0.2, 0.25) is 0 Å². The Morgan fingerprint density at radius 2 is 2.25 bits per heavy atom. The molecule has 7 nitrogen and oxygen atoms in total. The number of hydrogen-bond acceptors (Lipinski definition) is 6. The second-order valence-electron chi connectivity index (χ2n) is 6.36. The lowest BCUT2D eigenvalue weighted by Crippen LogP contribution is -2.44. The van der Waals surface area contributed by atoms with E-state index in [0.717, 1.165) is 43.9 Å². The minimum absolute atomic E-state index is 0.125. The summed E-state index contributed by atoms with van der Waals surface area (Å²) in [4.78, 5) is 20.6. The third-order valence-electron chi connectivity index (χ3n) is 4.73. The van der Waals surface area contributed by atoms with Crippen molar-refractivity contribution < 1.29 is 9.32 Å². The van der Waals surface area contributed by atoms with Crippen molar-refractivity contribution in [2.75, 3.05) is 38.1 Å². The van der Waals surface area contributed by atoms with Gasteiger partial charge in [-0.2, -0.15) is 4.98 Å². The van der Waals surface area contributed by atoms with Crippen molar-refractivity contribution in [3.8, 4) is 11.5 Å². The Hall–Kier alpha value is -2.25. The highest BCUT2D eigenvalue weighted by molar-refractivity contribution is 5.95. The lowest BCUT2D eigenvalue weighted by molar-refractivity contribution is -0.117. The number of aromatic nitrogens is 2. The average molecular weight is 327 g/mol. The zero-order valence-corrected chi connectivity index (χ0v) is 13.7. The lowest BCUT2D eigenvalue weighted by atomic mass is 10.1. The molecule has 24 heavy (non-hydrogen) atoms. The van der Waals surface area contributed by atoms with E-state index in [-0.39, 0.29) is 11.9 Å². The van der Waals surface area contributed by atoms with Crippen LogP contribution in [0.25, 0.3) is 11.5 Å². The first-order valence-electron chi connectivity index (χ1n) is 8.38. The van der Waals surface area contributed by atoms with Gasteiger partial charge in [0.05, 0.1) is 6.04 Å². The van der Waals surface area contributed by atoms with E-state index in [0.29, 0.717) is 18.1 Å². The molecule has 0 saturated carbocycles. The number of amides is 1. The molecule has 1 aromatic carbocycles. The summed E-state index contributed by atoms with van der Waals surface area (Å²) < 4.78 is 5.48. The van der Waals surface area contributed by atoms with Gasteiger partial charge in [0.1, 0.15) is 0 Å². The molecule has 1 amide bonds. The van der Waals surface area contributed by atoms with Gasteiger partial charge in [0, 0.05) is 43.9 Å². The molecule has 0 aliphatic carbocycles. The van der Waals surface area contributed by atoms with Crippen molar-refractivity contribution >= 4 is 11.6 Å². The fourth-order valence-corrected chi connectivity index (χ4v) is 3.31. The monoisotopic (exact) mass is 327 g/mol. The Bertz CT molecular complexity index is 744. The van der Waals surface area contributed by atoms with Gasteiger partial charge >= 0.3 is 0 Å². The van der Waals surface area contributed by atoms with Gasteiger partial charge in [-0.15, -0.1) is 0 Å². The van der Waals surface area contributed by atoms with E-state index in [9.17, 15) is 4.79 Å². The van der Waals surface area contributed by atoms with Crippen molar-refractivity contribution in [3.05, 3.63) is 30.1 Å². The van der Waals surface area contributed by atoms with Crippen LogP contribution in [0.5, 0.6) is 0 Å². The van der Waals surface area contributed by atoms with E-state index in [1.165, 1.54) is 0 Å². The highest BCUT2D eigenvalue weighted by Gasteiger charge is 2.26. The predicted molar refractivity (Wildman–Crippen MR) is 89.6 cm³/mol. The number of likely N-dealkylation sites (N-methyl/N-ethyl adjacent to an activating group) is 1. The van der Waals surface area contributed by atoms with E-state index in [1.807, 2.05) is 29.2 Å². The molecular formula is C17H21N5O2. The molecule has 1 atom stereocenters. The summed E-state index contributed by atoms with van der Waals surface area (Å²) in [6.45, 7) is 3.53. The Balaban J connectivity index is 1.59. The van der Waals surface area contributed by atoms with Gasteiger partial charge in [-0.05, 0) is 31.7 Å². The van der Waals surface area contributed by atoms with Gasteiger partial charge < -0.3 is 14.7 Å². The van der Waals surface area contributed by atoms with E-state index in [1.54, 1.807) is 0 Å². The second-order valence-corrected chi connectivity index (χ2v) is 6.36. The molecular weight excluding hydrogens is 306 g/mol. The van der Waals surface area contributed by atoms with Crippen LogP contribution in [-0.4, -0.2) is 54.2 Å². The quantitative estimate of drug-likeness (QED) is 0.919. The molecule has 0 spiro atoms. The number of carbonyl (C=O) groups is 1. The zero-order chi connectivity index (χ0) is 16.5. The maximum absolute atomic E-state index is 11.9. The molecule has 1 aromatic heterocycles. The van der Waals surface area contributed by atoms with Crippen molar-refractivity contribution in [1.82, 2.24) is 20.4 Å². The molecule has 1 N–H and O–H groups in total. The van der Waals surface area contributed by atoms with Crippen LogP contribution in [0.3, 0.4) is 0 Å². The van der Waals surface area contributed by atoms with Crippen LogP contribution < -0.4 is 10.2 Å². The van der Waals surface area contributed by atoms with Crippen molar-refractivity contribution in [3.63, 3.8) is 0 Å². The van der Waals surface area contributed by atoms with E-state index in [2.05, 4.69) is 27.4 Å². The number of carbonyl (C=O) groups excluding carboxylic acids is 1. The molecule has 3 heterocycles. The maximum atomic E-state index is 11.9. The highest BCUT2D eigenvalue weighted by Crippen LogP contribution is 2.28. The minimum Gasteiger partial charge on any atom is -0.334 e. The van der Waals surface area contributed by atoms with Crippen LogP contribution in [0.1, 0.15) is 24.7 Å². The van der Waals surface area contributed by atoms with Crippen molar-refractivity contribution in [2.24, 2.45) is 0 Å². The first-order valence-corrected chi connectivity index (χ1v) is 8.38. The molecule has 2 aliphatic heterocycles. The number of nitrogens with zero attached hydrogens (tertiary/aromatic N) is 4. The number of rotatable bonds is 3. The molecule has 1 unspecified atom stereocenters. The number of anilines is 1. The largest absolute Gasteiger partial charge is 0.334 e. The average Bonchev–Trinajstić information content (AvgIpc) is 3.24. The fraction of sp³-hybridized carbons (Fsp3) is 0.471. The molecule has 2 saturated heterocycles. The van der Waals surface area contributed by atoms with Gasteiger partial charge in [0.15, 0.2) is 5.82 Å². The van der Waals surface area contributed by atoms with Crippen LogP contribution >= 0.6 is 0 Å². The van der Waals surface area contributed by atoms with Gasteiger partial charge in [0.25, 0.3) is 5.89 Å². The standard InChI is InChI=1S/C17H21N5O2/c1-21-9-7-18-11-14(21)16-19-17(24-20-16)12-4-2-5-13(10-12)22-8-3-6-15(22)23/h2,4-5,10,14,18H,3,6-9,11H2,1H3. The SMILES string of the molecule is CN1CCNCC1c1noc(-c2cccc(N3CCCC3=O)c2)n1. The summed E-state index contributed by atoms with van der Waals surface area (Å²) in [7, 11) is 2.07. The van der Waals surface area contributed by atoms with Crippen LogP contribution in [0, 0.1) is 0 Å². The third-order valence-corrected chi connectivity index (χ3v) is 4.73. The predicted octanol–water partition coefficient (Wildman–Crippen LogP) is 1.44. The summed E-state index contributed by atoms with van der Waals surface area (Å²) in [5.74, 6) is 1.37. The van der Waals surface area contributed by atoms with Crippen LogP contribution in [-0.2, 0) is 4.79 Å². The molecule has 7 heteroatoms. The van der Waals surface area contributed by atoms with E-state index in [4.69, 9.17) is 4.52 Å². The van der Waals surface area contributed by atoms with Crippen LogP contribution in [0.15, 0.2) is 28.8 Å². The molecule has 2 fully saturated rings. The van der Waals surface area contributed by atoms with Crippen molar-refractivity contribution in [2.45, 2.75) is 18.9 Å². The Labute approximate surface area is 140 Å². The molecule has 0 bridgehead atoms. The smallest absolute Gasteiger partial charge is 0.258 e. The van der Waals surface area contributed by atoms with Gasteiger partial charge in [0.2, 0.25) is 5.91 Å². The van der Waals surface area contributed by atoms with Gasteiger partial charge in [-0.1, -0.05) is 11.2 Å². The number of benzene rings is 1. The first-order chi connectivity index (χ1) is 11.7. The zero-order valence-electron chi connectivity index (χ0n) is 13.7. The summed E-state index contributed by atoms with van der Waals surface area (Å²) in [6.07, 6.45) is 1.53. The number of piperazine rings is 1. The Morgan fingerprint density at radius 1 is 1.33 bits per heavy atom. The minimum atomic E-state index is 0.125. The normalized spacial score (nSPS) is 22.3. The van der Waals surface area contributed by atoms with E-state index >= 15 is 0 Å². The summed E-state index contributed by atoms with van der Waals surface area (Å²) in [6, 6.07) is 7.88. The van der Waals surface area contributed by atoms with E-state index < -0.39 is 0 Å². The summed E-state index contributed by atoms with van der Waals surface area (Å²) in [5, 5.41) is 7.52. The van der Waals surface area contributed by atoms with Gasteiger partial charge in [-0.25, -0.2) is 0 Å². The van der Waals surface area contributed by atoms with Crippen LogP contribution in [0.4, 0.5) is 5.69 Å².